The van der Waals surface area contributed by atoms with Crippen molar-refractivity contribution >= 4 is 5.90 Å². The fourth-order valence-corrected chi connectivity index (χ4v) is 0.996. The molecule has 0 atom stereocenters. The molecule has 1 aromatic rings. The van der Waals surface area contributed by atoms with Crippen LogP contribution < -0.4 is 0 Å². The van der Waals surface area contributed by atoms with Gasteiger partial charge >= 0.3 is 0 Å². The second kappa shape index (κ2) is 5.27. The highest BCUT2D eigenvalue weighted by Crippen LogP contribution is 2.04. The maximum Gasteiger partial charge on any atom is 0.257 e. The Morgan fingerprint density at radius 3 is 2.50 bits per heavy atom. The number of oxime groups is 1. The van der Waals surface area contributed by atoms with Crippen LogP contribution >= 0.6 is 0 Å². The molecule has 0 aliphatic rings. The Hall–Kier alpha value is -1.51. The summed E-state index contributed by atoms with van der Waals surface area (Å²) in [5, 5.41) is 11.9. The van der Waals surface area contributed by atoms with Crippen LogP contribution in [0.25, 0.3) is 0 Å². The van der Waals surface area contributed by atoms with Gasteiger partial charge in [0.15, 0.2) is 0 Å². The zero-order valence-electron chi connectivity index (χ0n) is 8.47. The van der Waals surface area contributed by atoms with Crippen LogP contribution in [0.4, 0.5) is 0 Å². The van der Waals surface area contributed by atoms with Crippen LogP contribution in [0.1, 0.15) is 19.4 Å². The molecule has 0 bridgehead atoms. The van der Waals surface area contributed by atoms with Crippen LogP contribution in [0.3, 0.4) is 0 Å². The predicted octanol–water partition coefficient (Wildman–Crippen LogP) is 2.50. The molecule has 0 spiro atoms. The SMILES string of the molecule is CC(C)COC(=NO)c1ccccc1. The van der Waals surface area contributed by atoms with Crippen LogP contribution in [-0.4, -0.2) is 17.7 Å². The van der Waals surface area contributed by atoms with Crippen molar-refractivity contribution < 1.29 is 9.94 Å². The van der Waals surface area contributed by atoms with E-state index in [9.17, 15) is 0 Å². The third kappa shape index (κ3) is 3.09. The van der Waals surface area contributed by atoms with E-state index in [1.165, 1.54) is 0 Å². The highest BCUT2D eigenvalue weighted by atomic mass is 16.5. The van der Waals surface area contributed by atoms with E-state index in [0.29, 0.717) is 12.5 Å². The molecule has 14 heavy (non-hydrogen) atoms. The minimum Gasteiger partial charge on any atom is -0.475 e. The van der Waals surface area contributed by atoms with E-state index in [2.05, 4.69) is 5.16 Å². The molecule has 0 amide bonds. The highest BCUT2D eigenvalue weighted by molar-refractivity contribution is 5.93. The summed E-state index contributed by atoms with van der Waals surface area (Å²) >= 11 is 0. The molecule has 0 aromatic heterocycles. The number of rotatable bonds is 3. The lowest BCUT2D eigenvalue weighted by Crippen LogP contribution is -2.11. The van der Waals surface area contributed by atoms with E-state index in [1.54, 1.807) is 0 Å². The van der Waals surface area contributed by atoms with Crippen LogP contribution in [-0.2, 0) is 4.74 Å². The summed E-state index contributed by atoms with van der Waals surface area (Å²) < 4.78 is 5.34. The third-order valence-corrected chi connectivity index (χ3v) is 1.66. The van der Waals surface area contributed by atoms with E-state index in [1.807, 2.05) is 44.2 Å². The molecule has 0 saturated heterocycles. The lowest BCUT2D eigenvalue weighted by atomic mass is 10.2. The van der Waals surface area contributed by atoms with E-state index >= 15 is 0 Å². The number of ether oxygens (including phenoxy) is 1. The minimum absolute atomic E-state index is 0.277. The molecule has 1 aromatic carbocycles. The largest absolute Gasteiger partial charge is 0.475 e. The van der Waals surface area contributed by atoms with Crippen molar-refractivity contribution in [1.29, 1.82) is 0 Å². The van der Waals surface area contributed by atoms with Gasteiger partial charge in [0.2, 0.25) is 0 Å². The Kier molecular flexibility index (Phi) is 3.98. The van der Waals surface area contributed by atoms with Crippen molar-refractivity contribution in [3.8, 4) is 0 Å². The number of benzene rings is 1. The van der Waals surface area contributed by atoms with Gasteiger partial charge in [-0.2, -0.15) is 0 Å². The lowest BCUT2D eigenvalue weighted by Gasteiger charge is -2.09. The number of nitrogens with zero attached hydrogens (tertiary/aromatic N) is 1. The lowest BCUT2D eigenvalue weighted by molar-refractivity contribution is 0.230. The van der Waals surface area contributed by atoms with Crippen molar-refractivity contribution in [2.24, 2.45) is 11.1 Å². The molecule has 0 heterocycles. The second-order valence-corrected chi connectivity index (χ2v) is 3.48. The summed E-state index contributed by atoms with van der Waals surface area (Å²) in [7, 11) is 0. The fourth-order valence-electron chi connectivity index (χ4n) is 0.996. The Morgan fingerprint density at radius 1 is 1.36 bits per heavy atom. The first-order valence-corrected chi connectivity index (χ1v) is 4.64. The molecule has 3 heteroatoms. The monoisotopic (exact) mass is 193 g/mol. The predicted molar refractivity (Wildman–Crippen MR) is 55.6 cm³/mol. The third-order valence-electron chi connectivity index (χ3n) is 1.66. The molecule has 0 unspecified atom stereocenters. The molecule has 0 aliphatic carbocycles. The van der Waals surface area contributed by atoms with Crippen molar-refractivity contribution in [2.45, 2.75) is 13.8 Å². The molecule has 0 aliphatic heterocycles. The Bertz CT molecular complexity index is 293. The van der Waals surface area contributed by atoms with Gasteiger partial charge in [-0.3, -0.25) is 0 Å². The van der Waals surface area contributed by atoms with E-state index in [0.717, 1.165) is 5.56 Å². The summed E-state index contributed by atoms with van der Waals surface area (Å²) in [5.41, 5.74) is 0.788. The standard InChI is InChI=1S/C11H15NO2/c1-9(2)8-14-11(12-13)10-6-4-3-5-7-10/h3-7,9,13H,8H2,1-2H3. The van der Waals surface area contributed by atoms with Gasteiger partial charge in [0, 0.05) is 5.56 Å². The van der Waals surface area contributed by atoms with Crippen LogP contribution in [0.15, 0.2) is 35.5 Å². The van der Waals surface area contributed by atoms with Crippen LogP contribution in [0, 0.1) is 5.92 Å². The van der Waals surface area contributed by atoms with Crippen molar-refractivity contribution in [3.63, 3.8) is 0 Å². The number of hydrogen-bond acceptors (Lipinski definition) is 3. The van der Waals surface area contributed by atoms with E-state index in [4.69, 9.17) is 9.94 Å². The smallest absolute Gasteiger partial charge is 0.257 e. The number of hydrogen-bond donors (Lipinski definition) is 1. The Balaban J connectivity index is 2.65. The maximum absolute atomic E-state index is 8.76. The van der Waals surface area contributed by atoms with Gasteiger partial charge in [-0.1, -0.05) is 32.0 Å². The summed E-state index contributed by atoms with van der Waals surface area (Å²) in [6.07, 6.45) is 0. The van der Waals surface area contributed by atoms with Gasteiger partial charge in [-0.05, 0) is 23.2 Å². The van der Waals surface area contributed by atoms with Crippen LogP contribution in [0.2, 0.25) is 0 Å². The Labute approximate surface area is 84.0 Å². The molecule has 0 radical (unpaired) electrons. The first-order chi connectivity index (χ1) is 6.74. The summed E-state index contributed by atoms with van der Waals surface area (Å²) in [6.45, 7) is 4.63. The summed E-state index contributed by atoms with van der Waals surface area (Å²) in [4.78, 5) is 0. The molecule has 1 N–H and O–H groups in total. The zero-order valence-corrected chi connectivity index (χ0v) is 8.47. The van der Waals surface area contributed by atoms with Gasteiger partial charge in [-0.25, -0.2) is 0 Å². The van der Waals surface area contributed by atoms with Crippen molar-refractivity contribution in [1.82, 2.24) is 0 Å². The van der Waals surface area contributed by atoms with Gasteiger partial charge in [0.05, 0.1) is 6.61 Å². The fraction of sp³-hybridized carbons (Fsp3) is 0.364. The normalized spacial score (nSPS) is 11.8. The first-order valence-electron chi connectivity index (χ1n) is 4.64. The van der Waals surface area contributed by atoms with Gasteiger partial charge in [-0.15, -0.1) is 0 Å². The molecular weight excluding hydrogens is 178 g/mol. The summed E-state index contributed by atoms with van der Waals surface area (Å²) in [5.74, 6) is 0.690. The molecule has 0 fully saturated rings. The van der Waals surface area contributed by atoms with E-state index < -0.39 is 0 Å². The Morgan fingerprint density at radius 2 is 2.00 bits per heavy atom. The van der Waals surface area contributed by atoms with Gasteiger partial charge < -0.3 is 9.94 Å². The summed E-state index contributed by atoms with van der Waals surface area (Å²) in [6, 6.07) is 9.34. The van der Waals surface area contributed by atoms with Crippen molar-refractivity contribution in [2.75, 3.05) is 6.61 Å². The van der Waals surface area contributed by atoms with Gasteiger partial charge in [0.1, 0.15) is 0 Å². The molecular formula is C11H15NO2. The maximum atomic E-state index is 8.76. The molecule has 76 valence electrons. The van der Waals surface area contributed by atoms with E-state index in [-0.39, 0.29) is 5.90 Å². The second-order valence-electron chi connectivity index (χ2n) is 3.48. The molecule has 1 rings (SSSR count). The zero-order chi connectivity index (χ0) is 10.4. The van der Waals surface area contributed by atoms with Gasteiger partial charge in [0.25, 0.3) is 5.90 Å². The average molecular weight is 193 g/mol. The average Bonchev–Trinajstić information content (AvgIpc) is 2.20. The van der Waals surface area contributed by atoms with Crippen molar-refractivity contribution in [3.05, 3.63) is 35.9 Å². The highest BCUT2D eigenvalue weighted by Gasteiger charge is 2.05. The quantitative estimate of drug-likeness (QED) is 0.347. The first kappa shape index (κ1) is 10.6. The molecule has 0 saturated carbocycles. The minimum atomic E-state index is 0.277. The topological polar surface area (TPSA) is 41.8 Å². The van der Waals surface area contributed by atoms with Crippen LogP contribution in [0.5, 0.6) is 0 Å². The molecule has 3 nitrogen and oxygen atoms in total.